The van der Waals surface area contributed by atoms with Gasteiger partial charge in [0.1, 0.15) is 23.2 Å². The Bertz CT molecular complexity index is 1030. The lowest BCUT2D eigenvalue weighted by molar-refractivity contribution is 0.0993. The van der Waals surface area contributed by atoms with E-state index in [2.05, 4.69) is 31.0 Å². The van der Waals surface area contributed by atoms with Gasteiger partial charge in [0.25, 0.3) is 5.91 Å². The van der Waals surface area contributed by atoms with Gasteiger partial charge in [0.15, 0.2) is 0 Å². The zero-order valence-corrected chi connectivity index (χ0v) is 15.6. The smallest absolute Gasteiger partial charge is 0.266 e. The Kier molecular flexibility index (Phi) is 4.62. The number of hydrogen-bond acceptors (Lipinski definition) is 5. The van der Waals surface area contributed by atoms with Crippen LogP contribution in [-0.4, -0.2) is 52.0 Å². The first-order valence-electron chi connectivity index (χ1n) is 7.20. The number of H-pyrrole nitrogens is 1. The summed E-state index contributed by atoms with van der Waals surface area (Å²) in [4.78, 5) is 18.2. The van der Waals surface area contributed by atoms with Crippen LogP contribution in [0.1, 0.15) is 10.5 Å². The van der Waals surface area contributed by atoms with Crippen molar-refractivity contribution >= 4 is 42.8 Å². The first kappa shape index (κ1) is 17.6. The molecule has 0 aliphatic heterocycles. The lowest BCUT2D eigenvalue weighted by Crippen LogP contribution is -2.31. The fraction of sp³-hybridized carbons (Fsp3) is 0.214. The third-order valence-electron chi connectivity index (χ3n) is 3.74. The molecular formula is C14H15BrN6O3S. The number of aromatic nitrogens is 4. The van der Waals surface area contributed by atoms with Crippen LogP contribution < -0.4 is 5.73 Å². The third kappa shape index (κ3) is 3.30. The molecule has 0 spiro atoms. The molecule has 0 aliphatic rings. The first-order chi connectivity index (χ1) is 11.8. The van der Waals surface area contributed by atoms with E-state index in [1.165, 1.54) is 24.4 Å². The monoisotopic (exact) mass is 426 g/mol. The standard InChI is InChI=1S/C14H15BrN6O3S/c1-20(4-5-21-8-17-7-18-21)25(23,24)13-10-6-9(15)2-3-11(10)19-12(13)14(16)22/h2-3,6-8,19H,4-5H2,1H3,(H2,16,22). The number of likely N-dealkylation sites (N-methyl/N-ethyl adjacent to an activating group) is 1. The summed E-state index contributed by atoms with van der Waals surface area (Å²) >= 11 is 3.32. The fourth-order valence-electron chi connectivity index (χ4n) is 2.45. The van der Waals surface area contributed by atoms with Crippen molar-refractivity contribution in [2.45, 2.75) is 11.4 Å². The molecule has 25 heavy (non-hydrogen) atoms. The quantitative estimate of drug-likeness (QED) is 0.606. The van der Waals surface area contributed by atoms with Gasteiger partial charge in [-0.1, -0.05) is 15.9 Å². The van der Waals surface area contributed by atoms with Crippen LogP contribution in [0.2, 0.25) is 0 Å². The van der Waals surface area contributed by atoms with E-state index in [1.54, 1.807) is 18.2 Å². The summed E-state index contributed by atoms with van der Waals surface area (Å²) in [6, 6.07) is 5.06. The van der Waals surface area contributed by atoms with E-state index >= 15 is 0 Å². The second-order valence-corrected chi connectivity index (χ2v) is 8.27. The van der Waals surface area contributed by atoms with Gasteiger partial charge in [0, 0.05) is 29.0 Å². The minimum atomic E-state index is -3.95. The molecule has 0 radical (unpaired) electrons. The number of primary amides is 1. The van der Waals surface area contributed by atoms with Gasteiger partial charge in [-0.2, -0.15) is 9.40 Å². The number of fused-ring (bicyclic) bond motifs is 1. The van der Waals surface area contributed by atoms with E-state index < -0.39 is 15.9 Å². The highest BCUT2D eigenvalue weighted by Crippen LogP contribution is 2.31. The molecule has 0 unspecified atom stereocenters. The van der Waals surface area contributed by atoms with Crippen molar-refractivity contribution in [1.82, 2.24) is 24.1 Å². The van der Waals surface area contributed by atoms with Crippen molar-refractivity contribution < 1.29 is 13.2 Å². The van der Waals surface area contributed by atoms with E-state index in [4.69, 9.17) is 5.73 Å². The summed E-state index contributed by atoms with van der Waals surface area (Å²) < 4.78 is 29.5. The number of carbonyl (C=O) groups is 1. The van der Waals surface area contributed by atoms with Gasteiger partial charge >= 0.3 is 0 Å². The number of sulfonamides is 1. The number of hydrogen-bond donors (Lipinski definition) is 2. The molecule has 0 saturated heterocycles. The highest BCUT2D eigenvalue weighted by Gasteiger charge is 2.30. The number of benzene rings is 1. The van der Waals surface area contributed by atoms with Crippen molar-refractivity contribution in [3.05, 3.63) is 41.0 Å². The van der Waals surface area contributed by atoms with Gasteiger partial charge in [0.2, 0.25) is 10.0 Å². The van der Waals surface area contributed by atoms with E-state index in [1.807, 2.05) is 0 Å². The molecule has 2 aromatic heterocycles. The molecule has 3 rings (SSSR count). The van der Waals surface area contributed by atoms with E-state index in [9.17, 15) is 13.2 Å². The average molecular weight is 427 g/mol. The number of nitrogens with one attached hydrogen (secondary N) is 1. The summed E-state index contributed by atoms with van der Waals surface area (Å²) in [5, 5.41) is 4.34. The zero-order chi connectivity index (χ0) is 18.2. The van der Waals surface area contributed by atoms with Crippen molar-refractivity contribution in [3.63, 3.8) is 0 Å². The van der Waals surface area contributed by atoms with Crippen LogP contribution in [0.4, 0.5) is 0 Å². The molecule has 0 aliphatic carbocycles. The van der Waals surface area contributed by atoms with Gasteiger partial charge in [-0.05, 0) is 18.2 Å². The number of nitrogens with two attached hydrogens (primary N) is 1. The highest BCUT2D eigenvalue weighted by molar-refractivity contribution is 9.10. The van der Waals surface area contributed by atoms with Crippen LogP contribution in [0.15, 0.2) is 40.2 Å². The molecule has 0 atom stereocenters. The molecule has 0 fully saturated rings. The topological polar surface area (TPSA) is 127 Å². The Balaban J connectivity index is 2.04. The molecular weight excluding hydrogens is 412 g/mol. The normalized spacial score (nSPS) is 12.1. The molecule has 11 heteroatoms. The Morgan fingerprint density at radius 1 is 1.44 bits per heavy atom. The largest absolute Gasteiger partial charge is 0.364 e. The number of rotatable bonds is 6. The second-order valence-electron chi connectivity index (χ2n) is 5.37. The summed E-state index contributed by atoms with van der Waals surface area (Å²) in [7, 11) is -2.51. The molecule has 1 aromatic carbocycles. The molecule has 132 valence electrons. The number of halogens is 1. The molecule has 1 amide bonds. The number of carbonyl (C=O) groups excluding carboxylic acids is 1. The van der Waals surface area contributed by atoms with Gasteiger partial charge in [-0.3, -0.25) is 9.48 Å². The molecule has 0 saturated carbocycles. The number of nitrogens with zero attached hydrogens (tertiary/aromatic N) is 4. The van der Waals surface area contributed by atoms with E-state index in [0.29, 0.717) is 21.9 Å². The summed E-state index contributed by atoms with van der Waals surface area (Å²) in [6.07, 6.45) is 2.87. The number of aromatic amines is 1. The van der Waals surface area contributed by atoms with Crippen molar-refractivity contribution in [1.29, 1.82) is 0 Å². The van der Waals surface area contributed by atoms with Crippen LogP contribution in [-0.2, 0) is 16.6 Å². The third-order valence-corrected chi connectivity index (χ3v) is 6.17. The van der Waals surface area contributed by atoms with Gasteiger partial charge in [-0.15, -0.1) is 0 Å². The zero-order valence-electron chi connectivity index (χ0n) is 13.2. The Labute approximate surface area is 152 Å². The van der Waals surface area contributed by atoms with Gasteiger partial charge < -0.3 is 10.7 Å². The van der Waals surface area contributed by atoms with Crippen LogP contribution in [0.5, 0.6) is 0 Å². The number of amides is 1. The van der Waals surface area contributed by atoms with Crippen LogP contribution >= 0.6 is 15.9 Å². The maximum absolute atomic E-state index is 13.0. The molecule has 2 heterocycles. The maximum atomic E-state index is 13.0. The Morgan fingerprint density at radius 3 is 2.84 bits per heavy atom. The van der Waals surface area contributed by atoms with E-state index in [0.717, 1.165) is 4.31 Å². The van der Waals surface area contributed by atoms with Crippen LogP contribution in [0.3, 0.4) is 0 Å². The first-order valence-corrected chi connectivity index (χ1v) is 9.44. The second kappa shape index (κ2) is 6.58. The minimum Gasteiger partial charge on any atom is -0.364 e. The van der Waals surface area contributed by atoms with Crippen molar-refractivity contribution in [2.75, 3.05) is 13.6 Å². The van der Waals surface area contributed by atoms with Crippen molar-refractivity contribution in [2.24, 2.45) is 5.73 Å². The summed E-state index contributed by atoms with van der Waals surface area (Å²) in [5.41, 5.74) is 5.75. The van der Waals surface area contributed by atoms with Gasteiger partial charge in [-0.25, -0.2) is 13.4 Å². The predicted octanol–water partition coefficient (Wildman–Crippen LogP) is 0.941. The molecule has 3 N–H and O–H groups in total. The van der Waals surface area contributed by atoms with E-state index in [-0.39, 0.29) is 17.1 Å². The van der Waals surface area contributed by atoms with Crippen LogP contribution in [0, 0.1) is 0 Å². The summed E-state index contributed by atoms with van der Waals surface area (Å²) in [5.74, 6) is -0.837. The molecule has 3 aromatic rings. The van der Waals surface area contributed by atoms with Crippen molar-refractivity contribution in [3.8, 4) is 0 Å². The Hall–Kier alpha value is -2.24. The Morgan fingerprint density at radius 2 is 2.20 bits per heavy atom. The van der Waals surface area contributed by atoms with Gasteiger partial charge in [0.05, 0.1) is 6.54 Å². The predicted molar refractivity (Wildman–Crippen MR) is 94.4 cm³/mol. The molecule has 9 nitrogen and oxygen atoms in total. The summed E-state index contributed by atoms with van der Waals surface area (Å²) in [6.45, 7) is 0.484. The minimum absolute atomic E-state index is 0.127. The lowest BCUT2D eigenvalue weighted by atomic mass is 10.2. The SMILES string of the molecule is CN(CCn1cncn1)S(=O)(=O)c1c(C(N)=O)[nH]c2ccc(Br)cc12. The molecule has 0 bridgehead atoms. The van der Waals surface area contributed by atoms with Crippen LogP contribution in [0.25, 0.3) is 10.9 Å². The average Bonchev–Trinajstić information content (AvgIpc) is 3.19. The lowest BCUT2D eigenvalue weighted by Gasteiger charge is -2.17. The fourth-order valence-corrected chi connectivity index (χ4v) is 4.30. The highest BCUT2D eigenvalue weighted by atomic mass is 79.9. The maximum Gasteiger partial charge on any atom is 0.266 e.